The first-order chi connectivity index (χ1) is 8.33. The fourth-order valence-electron chi connectivity index (χ4n) is 2.12. The highest BCUT2D eigenvalue weighted by Crippen LogP contribution is 2.29. The zero-order valence-electron chi connectivity index (χ0n) is 9.32. The second kappa shape index (κ2) is 4.55. The van der Waals surface area contributed by atoms with Crippen LogP contribution in [0.5, 0.6) is 0 Å². The Bertz CT molecular complexity index is 518. The first-order valence-corrected chi connectivity index (χ1v) is 6.63. The maximum absolute atomic E-state index is 13.1. The topological polar surface area (TPSA) is 24.9 Å². The van der Waals surface area contributed by atoms with Crippen LogP contribution < -0.4 is 5.32 Å². The molecule has 1 aliphatic rings. The second-order valence-corrected chi connectivity index (χ2v) is 5.16. The quantitative estimate of drug-likeness (QED) is 0.883. The van der Waals surface area contributed by atoms with Gasteiger partial charge in [0.1, 0.15) is 5.82 Å². The molecule has 1 aromatic heterocycles. The van der Waals surface area contributed by atoms with Crippen LogP contribution in [0.3, 0.4) is 0 Å². The minimum Gasteiger partial charge on any atom is -0.316 e. The SMILES string of the molecule is Fc1cccc(-c2csc(C3CCNC3)n2)c1. The van der Waals surface area contributed by atoms with E-state index < -0.39 is 0 Å². The van der Waals surface area contributed by atoms with E-state index in [1.54, 1.807) is 17.4 Å². The molecule has 1 atom stereocenters. The Morgan fingerprint density at radius 3 is 3.12 bits per heavy atom. The number of halogens is 1. The van der Waals surface area contributed by atoms with E-state index >= 15 is 0 Å². The fourth-order valence-corrected chi connectivity index (χ4v) is 3.09. The predicted octanol–water partition coefficient (Wildman–Crippen LogP) is 3.03. The molecule has 0 aliphatic carbocycles. The minimum absolute atomic E-state index is 0.209. The summed E-state index contributed by atoms with van der Waals surface area (Å²) in [5.74, 6) is 0.321. The third kappa shape index (κ3) is 2.23. The van der Waals surface area contributed by atoms with Crippen LogP contribution in [0.15, 0.2) is 29.6 Å². The van der Waals surface area contributed by atoms with Gasteiger partial charge in [0.05, 0.1) is 10.7 Å². The van der Waals surface area contributed by atoms with Crippen molar-refractivity contribution in [3.8, 4) is 11.3 Å². The maximum atomic E-state index is 13.1. The molecule has 88 valence electrons. The van der Waals surface area contributed by atoms with Crippen molar-refractivity contribution in [2.45, 2.75) is 12.3 Å². The zero-order valence-corrected chi connectivity index (χ0v) is 10.1. The smallest absolute Gasteiger partial charge is 0.123 e. The highest BCUT2D eigenvalue weighted by atomic mass is 32.1. The van der Waals surface area contributed by atoms with Crippen molar-refractivity contribution < 1.29 is 4.39 Å². The average molecular weight is 248 g/mol. The summed E-state index contributed by atoms with van der Waals surface area (Å²) in [5, 5.41) is 6.51. The van der Waals surface area contributed by atoms with Crippen LogP contribution in [0, 0.1) is 5.82 Å². The standard InChI is InChI=1S/C13H13FN2S/c14-11-3-1-2-9(6-11)12-8-17-13(16-12)10-4-5-15-7-10/h1-3,6,8,10,15H,4-5,7H2. The fraction of sp³-hybridized carbons (Fsp3) is 0.308. The number of rotatable bonds is 2. The number of thiazole rings is 1. The summed E-state index contributed by atoms with van der Waals surface area (Å²) >= 11 is 1.67. The third-order valence-corrected chi connectivity index (χ3v) is 4.06. The first kappa shape index (κ1) is 10.9. The molecule has 17 heavy (non-hydrogen) atoms. The van der Waals surface area contributed by atoms with Gasteiger partial charge in [-0.05, 0) is 25.1 Å². The van der Waals surface area contributed by atoms with Gasteiger partial charge < -0.3 is 5.32 Å². The van der Waals surface area contributed by atoms with E-state index in [2.05, 4.69) is 10.3 Å². The number of nitrogens with zero attached hydrogens (tertiary/aromatic N) is 1. The zero-order chi connectivity index (χ0) is 11.7. The lowest BCUT2D eigenvalue weighted by Gasteiger charge is -2.02. The molecule has 0 bridgehead atoms. The van der Waals surface area contributed by atoms with Gasteiger partial charge in [-0.2, -0.15) is 0 Å². The van der Waals surface area contributed by atoms with Crippen molar-refractivity contribution in [1.82, 2.24) is 10.3 Å². The molecular weight excluding hydrogens is 235 g/mol. The van der Waals surface area contributed by atoms with Gasteiger partial charge in [-0.1, -0.05) is 12.1 Å². The Kier molecular flexibility index (Phi) is 2.91. The number of benzene rings is 1. The van der Waals surface area contributed by atoms with Crippen LogP contribution in [-0.2, 0) is 0 Å². The van der Waals surface area contributed by atoms with Crippen molar-refractivity contribution in [1.29, 1.82) is 0 Å². The van der Waals surface area contributed by atoms with Crippen molar-refractivity contribution in [2.75, 3.05) is 13.1 Å². The van der Waals surface area contributed by atoms with E-state index in [1.807, 2.05) is 11.4 Å². The summed E-state index contributed by atoms with van der Waals surface area (Å²) in [7, 11) is 0. The Labute approximate surface area is 104 Å². The van der Waals surface area contributed by atoms with Gasteiger partial charge >= 0.3 is 0 Å². The van der Waals surface area contributed by atoms with Crippen molar-refractivity contribution in [3.63, 3.8) is 0 Å². The molecule has 2 aromatic rings. The lowest BCUT2D eigenvalue weighted by molar-refractivity contribution is 0.628. The molecule has 1 aliphatic heterocycles. The molecule has 2 nitrogen and oxygen atoms in total. The molecule has 0 spiro atoms. The number of nitrogens with one attached hydrogen (secondary N) is 1. The number of hydrogen-bond donors (Lipinski definition) is 1. The molecule has 1 saturated heterocycles. The van der Waals surface area contributed by atoms with E-state index in [1.165, 1.54) is 12.1 Å². The molecule has 2 heterocycles. The number of hydrogen-bond acceptors (Lipinski definition) is 3. The van der Waals surface area contributed by atoms with E-state index in [4.69, 9.17) is 0 Å². The summed E-state index contributed by atoms with van der Waals surface area (Å²) in [6.45, 7) is 2.08. The Hall–Kier alpha value is -1.26. The van der Waals surface area contributed by atoms with Gasteiger partial charge in [-0.3, -0.25) is 0 Å². The third-order valence-electron chi connectivity index (χ3n) is 3.05. The highest BCUT2D eigenvalue weighted by molar-refractivity contribution is 7.10. The van der Waals surface area contributed by atoms with Crippen LogP contribution in [0.4, 0.5) is 4.39 Å². The largest absolute Gasteiger partial charge is 0.316 e. The average Bonchev–Trinajstić information content (AvgIpc) is 3.00. The number of aromatic nitrogens is 1. The summed E-state index contributed by atoms with van der Waals surface area (Å²) in [4.78, 5) is 4.62. The van der Waals surface area contributed by atoms with Crippen molar-refractivity contribution in [2.24, 2.45) is 0 Å². The lowest BCUT2D eigenvalue weighted by atomic mass is 10.1. The molecule has 1 N–H and O–H groups in total. The minimum atomic E-state index is -0.209. The summed E-state index contributed by atoms with van der Waals surface area (Å²) in [5.41, 5.74) is 1.75. The molecule has 4 heteroatoms. The molecule has 3 rings (SSSR count). The predicted molar refractivity (Wildman–Crippen MR) is 67.7 cm³/mol. The molecule has 0 saturated carbocycles. The van der Waals surface area contributed by atoms with Gasteiger partial charge in [-0.15, -0.1) is 11.3 Å². The van der Waals surface area contributed by atoms with Gasteiger partial charge in [0, 0.05) is 23.4 Å². The molecule has 1 aromatic carbocycles. The maximum Gasteiger partial charge on any atom is 0.123 e. The van der Waals surface area contributed by atoms with Gasteiger partial charge in [0.2, 0.25) is 0 Å². The van der Waals surface area contributed by atoms with Crippen LogP contribution in [0.2, 0.25) is 0 Å². The monoisotopic (exact) mass is 248 g/mol. The molecule has 0 amide bonds. The Morgan fingerprint density at radius 1 is 1.41 bits per heavy atom. The molecule has 1 unspecified atom stereocenters. The summed E-state index contributed by atoms with van der Waals surface area (Å²) < 4.78 is 13.1. The van der Waals surface area contributed by atoms with E-state index in [0.29, 0.717) is 5.92 Å². The summed E-state index contributed by atoms with van der Waals surface area (Å²) in [6.07, 6.45) is 1.15. The Morgan fingerprint density at radius 2 is 2.35 bits per heavy atom. The molecular formula is C13H13FN2S. The molecule has 1 fully saturated rings. The first-order valence-electron chi connectivity index (χ1n) is 5.75. The second-order valence-electron chi connectivity index (χ2n) is 4.27. The van der Waals surface area contributed by atoms with Crippen LogP contribution in [0.1, 0.15) is 17.3 Å². The van der Waals surface area contributed by atoms with E-state index in [-0.39, 0.29) is 5.82 Å². The van der Waals surface area contributed by atoms with E-state index in [9.17, 15) is 4.39 Å². The van der Waals surface area contributed by atoms with Crippen LogP contribution in [-0.4, -0.2) is 18.1 Å². The molecule has 0 radical (unpaired) electrons. The highest BCUT2D eigenvalue weighted by Gasteiger charge is 2.19. The van der Waals surface area contributed by atoms with E-state index in [0.717, 1.165) is 35.8 Å². The van der Waals surface area contributed by atoms with Crippen LogP contribution >= 0.6 is 11.3 Å². The van der Waals surface area contributed by atoms with Crippen LogP contribution in [0.25, 0.3) is 11.3 Å². The van der Waals surface area contributed by atoms with Gasteiger partial charge in [-0.25, -0.2) is 9.37 Å². The van der Waals surface area contributed by atoms with Gasteiger partial charge in [0.25, 0.3) is 0 Å². The Balaban J connectivity index is 1.89. The van der Waals surface area contributed by atoms with Crippen molar-refractivity contribution >= 4 is 11.3 Å². The normalized spacial score (nSPS) is 19.7. The van der Waals surface area contributed by atoms with Crippen molar-refractivity contribution in [3.05, 3.63) is 40.5 Å². The summed E-state index contributed by atoms with van der Waals surface area (Å²) in [6, 6.07) is 6.61. The van der Waals surface area contributed by atoms with Gasteiger partial charge in [0.15, 0.2) is 0 Å². The lowest BCUT2D eigenvalue weighted by Crippen LogP contribution is -2.07.